The molecule has 1 heterocycles. The first-order chi connectivity index (χ1) is 13.0. The first-order valence-corrected chi connectivity index (χ1v) is 10.3. The molecule has 0 radical (unpaired) electrons. The Morgan fingerprint density at radius 1 is 1.28 bits per heavy atom. The molecule has 1 aliphatic rings. The quantitative estimate of drug-likeness (QED) is 0.207. The van der Waals surface area contributed by atoms with Crippen molar-refractivity contribution in [2.75, 3.05) is 33.2 Å². The molecular formula is C21H42IN5O2. The fourth-order valence-electron chi connectivity index (χ4n) is 3.12. The lowest BCUT2D eigenvalue weighted by Gasteiger charge is -2.33. The van der Waals surface area contributed by atoms with E-state index in [1.165, 1.54) is 5.57 Å². The van der Waals surface area contributed by atoms with Gasteiger partial charge in [-0.15, -0.1) is 24.0 Å². The molecule has 8 heteroatoms. The lowest BCUT2D eigenvalue weighted by molar-refractivity contribution is 0.0491. The van der Waals surface area contributed by atoms with Crippen LogP contribution in [-0.2, 0) is 4.74 Å². The summed E-state index contributed by atoms with van der Waals surface area (Å²) in [6.07, 6.45) is 1.77. The van der Waals surface area contributed by atoms with E-state index in [2.05, 4.69) is 53.2 Å². The van der Waals surface area contributed by atoms with Crippen LogP contribution in [0.5, 0.6) is 0 Å². The fourth-order valence-corrected chi connectivity index (χ4v) is 3.12. The standard InChI is InChI=1S/C21H41N5O2.HI/c1-15(2)14-26-11-9-17(10-12-26)24-19(22-8)23-13-18(16(3)4)25-20(27)28-21(5,6)7;/h16-18H,1,9-14H2,2-8H3,(H,25,27)(H2,22,23,24);1H. The Morgan fingerprint density at radius 3 is 2.31 bits per heavy atom. The summed E-state index contributed by atoms with van der Waals surface area (Å²) < 4.78 is 5.38. The van der Waals surface area contributed by atoms with Crippen molar-refractivity contribution in [2.24, 2.45) is 10.9 Å². The van der Waals surface area contributed by atoms with Gasteiger partial charge in [0.1, 0.15) is 5.60 Å². The van der Waals surface area contributed by atoms with Gasteiger partial charge in [0, 0.05) is 39.3 Å². The van der Waals surface area contributed by atoms with Crippen molar-refractivity contribution in [2.45, 2.75) is 72.1 Å². The van der Waals surface area contributed by atoms with Crippen molar-refractivity contribution < 1.29 is 9.53 Å². The number of rotatable bonds is 7. The van der Waals surface area contributed by atoms with Crippen molar-refractivity contribution >= 4 is 36.0 Å². The highest BCUT2D eigenvalue weighted by atomic mass is 127. The third kappa shape index (κ3) is 12.3. The smallest absolute Gasteiger partial charge is 0.407 e. The van der Waals surface area contributed by atoms with E-state index in [4.69, 9.17) is 4.74 Å². The number of halogens is 1. The van der Waals surface area contributed by atoms with Gasteiger partial charge in [0.2, 0.25) is 0 Å². The average molecular weight is 524 g/mol. The number of ether oxygens (including phenoxy) is 1. The summed E-state index contributed by atoms with van der Waals surface area (Å²) >= 11 is 0. The van der Waals surface area contributed by atoms with Crippen molar-refractivity contribution in [1.29, 1.82) is 0 Å². The van der Waals surface area contributed by atoms with Gasteiger partial charge < -0.3 is 20.7 Å². The molecule has 29 heavy (non-hydrogen) atoms. The van der Waals surface area contributed by atoms with Gasteiger partial charge in [-0.3, -0.25) is 9.89 Å². The number of guanidine groups is 1. The van der Waals surface area contributed by atoms with E-state index in [0.29, 0.717) is 12.6 Å². The lowest BCUT2D eigenvalue weighted by Crippen LogP contribution is -2.53. The van der Waals surface area contributed by atoms with Crippen LogP contribution in [0.15, 0.2) is 17.1 Å². The van der Waals surface area contributed by atoms with Crippen LogP contribution < -0.4 is 16.0 Å². The Labute approximate surface area is 194 Å². The summed E-state index contributed by atoms with van der Waals surface area (Å²) in [5.41, 5.74) is 0.705. The zero-order valence-corrected chi connectivity index (χ0v) is 21.6. The third-order valence-corrected chi connectivity index (χ3v) is 4.64. The Kier molecular flexibility index (Phi) is 12.8. The molecule has 0 saturated carbocycles. The van der Waals surface area contributed by atoms with Crippen LogP contribution in [0.2, 0.25) is 0 Å². The number of amides is 1. The molecule has 1 amide bonds. The van der Waals surface area contributed by atoms with E-state index in [9.17, 15) is 4.79 Å². The number of piperidine rings is 1. The number of nitrogens with one attached hydrogen (secondary N) is 3. The highest BCUT2D eigenvalue weighted by Gasteiger charge is 2.23. The van der Waals surface area contributed by atoms with E-state index in [0.717, 1.165) is 38.4 Å². The first-order valence-electron chi connectivity index (χ1n) is 10.3. The second-order valence-electron chi connectivity index (χ2n) is 9.10. The molecule has 1 atom stereocenters. The highest BCUT2D eigenvalue weighted by Crippen LogP contribution is 2.12. The van der Waals surface area contributed by atoms with Crippen molar-refractivity contribution in [1.82, 2.24) is 20.9 Å². The first kappa shape index (κ1) is 28.0. The second-order valence-corrected chi connectivity index (χ2v) is 9.10. The number of hydrogen-bond acceptors (Lipinski definition) is 4. The summed E-state index contributed by atoms with van der Waals surface area (Å²) in [6.45, 7) is 19.5. The van der Waals surface area contributed by atoms with Crippen LogP contribution in [0, 0.1) is 5.92 Å². The molecule has 7 nitrogen and oxygen atoms in total. The predicted molar refractivity (Wildman–Crippen MR) is 132 cm³/mol. The van der Waals surface area contributed by atoms with Crippen LogP contribution in [0.1, 0.15) is 54.4 Å². The van der Waals surface area contributed by atoms with Gasteiger partial charge in [-0.2, -0.15) is 0 Å². The van der Waals surface area contributed by atoms with E-state index >= 15 is 0 Å². The molecule has 1 fully saturated rings. The van der Waals surface area contributed by atoms with E-state index in [1.54, 1.807) is 7.05 Å². The van der Waals surface area contributed by atoms with Crippen molar-refractivity contribution in [3.8, 4) is 0 Å². The van der Waals surface area contributed by atoms with E-state index < -0.39 is 5.60 Å². The van der Waals surface area contributed by atoms with Gasteiger partial charge >= 0.3 is 6.09 Å². The van der Waals surface area contributed by atoms with Crippen molar-refractivity contribution in [3.63, 3.8) is 0 Å². The lowest BCUT2D eigenvalue weighted by atomic mass is 10.0. The second kappa shape index (κ2) is 13.3. The summed E-state index contributed by atoms with van der Waals surface area (Å²) in [5, 5.41) is 9.82. The van der Waals surface area contributed by atoms with Crippen molar-refractivity contribution in [3.05, 3.63) is 12.2 Å². The largest absolute Gasteiger partial charge is 0.444 e. The molecule has 0 spiro atoms. The molecule has 1 saturated heterocycles. The van der Waals surface area contributed by atoms with Gasteiger partial charge in [-0.05, 0) is 46.5 Å². The Morgan fingerprint density at radius 2 is 1.86 bits per heavy atom. The summed E-state index contributed by atoms with van der Waals surface area (Å²) in [7, 11) is 1.78. The zero-order chi connectivity index (χ0) is 21.3. The van der Waals surface area contributed by atoms with Gasteiger partial charge in [-0.1, -0.05) is 26.0 Å². The van der Waals surface area contributed by atoms with Crippen LogP contribution >= 0.6 is 24.0 Å². The Balaban J connectivity index is 0.00000784. The van der Waals surface area contributed by atoms with Gasteiger partial charge in [0.25, 0.3) is 0 Å². The number of aliphatic imine (C=N–C) groups is 1. The summed E-state index contributed by atoms with van der Waals surface area (Å²) in [5.74, 6) is 1.04. The van der Waals surface area contributed by atoms with Crippen LogP contribution in [0.25, 0.3) is 0 Å². The van der Waals surface area contributed by atoms with E-state index in [-0.39, 0.29) is 42.0 Å². The molecule has 1 unspecified atom stereocenters. The van der Waals surface area contributed by atoms with Crippen LogP contribution in [-0.4, -0.2) is 67.9 Å². The third-order valence-electron chi connectivity index (χ3n) is 4.64. The highest BCUT2D eigenvalue weighted by molar-refractivity contribution is 14.0. The minimum Gasteiger partial charge on any atom is -0.444 e. The minimum absolute atomic E-state index is 0. The molecule has 1 aliphatic heterocycles. The maximum Gasteiger partial charge on any atom is 0.407 e. The number of hydrogen-bond donors (Lipinski definition) is 3. The molecule has 0 bridgehead atoms. The van der Waals surface area contributed by atoms with Gasteiger partial charge in [0.15, 0.2) is 5.96 Å². The molecule has 0 aromatic rings. The molecule has 0 aromatic heterocycles. The molecule has 0 aromatic carbocycles. The molecule has 3 N–H and O–H groups in total. The maximum atomic E-state index is 12.1. The number of carbonyl (C=O) groups is 1. The van der Waals surface area contributed by atoms with Gasteiger partial charge in [-0.25, -0.2) is 4.79 Å². The van der Waals surface area contributed by atoms with Gasteiger partial charge in [0.05, 0.1) is 6.04 Å². The summed E-state index contributed by atoms with van der Waals surface area (Å²) in [6, 6.07) is 0.356. The Hall–Kier alpha value is -1.03. The molecular weight excluding hydrogens is 481 g/mol. The molecule has 0 aliphatic carbocycles. The molecule has 170 valence electrons. The molecule has 1 rings (SSSR count). The SMILES string of the molecule is C=C(C)CN1CCC(NC(=NC)NCC(NC(=O)OC(C)(C)C)C(C)C)CC1.I. The predicted octanol–water partition coefficient (Wildman–Crippen LogP) is 3.36. The normalized spacial score (nSPS) is 17.3. The fraction of sp³-hybridized carbons (Fsp3) is 0.810. The maximum absolute atomic E-state index is 12.1. The van der Waals surface area contributed by atoms with Crippen LogP contribution in [0.4, 0.5) is 4.79 Å². The monoisotopic (exact) mass is 523 g/mol. The summed E-state index contributed by atoms with van der Waals surface area (Å²) in [4.78, 5) is 18.9. The average Bonchev–Trinajstić information content (AvgIpc) is 2.56. The topological polar surface area (TPSA) is 78.0 Å². The number of carbonyl (C=O) groups excluding carboxylic acids is 1. The Bertz CT molecular complexity index is 538. The zero-order valence-electron chi connectivity index (χ0n) is 19.3. The number of likely N-dealkylation sites (tertiary alicyclic amines) is 1. The minimum atomic E-state index is -0.504. The number of nitrogens with zero attached hydrogens (tertiary/aromatic N) is 2. The van der Waals surface area contributed by atoms with Crippen LogP contribution in [0.3, 0.4) is 0 Å². The number of alkyl carbamates (subject to hydrolysis) is 1. The van der Waals surface area contributed by atoms with E-state index in [1.807, 2.05) is 20.8 Å².